The Kier molecular flexibility index (Phi) is 5.94. The number of amides is 2. The van der Waals surface area contributed by atoms with E-state index in [4.69, 9.17) is 0 Å². The van der Waals surface area contributed by atoms with Gasteiger partial charge in [-0.15, -0.1) is 0 Å². The molecule has 146 valence electrons. The number of nitrogens with one attached hydrogen (secondary N) is 1. The van der Waals surface area contributed by atoms with Crippen molar-refractivity contribution in [2.24, 2.45) is 0 Å². The van der Waals surface area contributed by atoms with Crippen molar-refractivity contribution in [2.45, 2.75) is 26.1 Å². The van der Waals surface area contributed by atoms with E-state index in [1.54, 1.807) is 15.9 Å². The Bertz CT molecular complexity index is 894. The normalized spacial score (nSPS) is 12.4. The number of carbonyl (C=O) groups excluding carboxylic acids is 1. The highest BCUT2D eigenvalue weighted by atomic mass is 28.3. The van der Waals surface area contributed by atoms with Crippen molar-refractivity contribution in [3.05, 3.63) is 72.8 Å². The monoisotopic (exact) mass is 393 g/mol. The first-order valence-corrected chi connectivity index (χ1v) is 12.6. The van der Waals surface area contributed by atoms with E-state index in [2.05, 4.69) is 52.8 Å². The zero-order valence-corrected chi connectivity index (χ0v) is 17.8. The maximum Gasteiger partial charge on any atom is 0.317 e. The molecule has 0 saturated carbocycles. The minimum Gasteiger partial charge on any atom is -0.341 e. The zero-order chi connectivity index (χ0) is 20.1. The summed E-state index contributed by atoms with van der Waals surface area (Å²) >= 11 is 0. The SMILES string of the molecule is C[C@H](c1ccc(-n2cncn2)cc1)N(C)C(=O)NC[Si](C)(C)c1ccccc1. The number of hydrogen-bond acceptors (Lipinski definition) is 3. The van der Waals surface area contributed by atoms with Crippen LogP contribution in [0.15, 0.2) is 67.3 Å². The summed E-state index contributed by atoms with van der Waals surface area (Å²) in [5.41, 5.74) is 2.01. The van der Waals surface area contributed by atoms with E-state index in [1.807, 2.05) is 44.3 Å². The second kappa shape index (κ2) is 8.39. The van der Waals surface area contributed by atoms with Crippen LogP contribution < -0.4 is 10.5 Å². The van der Waals surface area contributed by atoms with Crippen LogP contribution in [0, 0.1) is 0 Å². The van der Waals surface area contributed by atoms with Gasteiger partial charge in [0.05, 0.1) is 11.7 Å². The lowest BCUT2D eigenvalue weighted by Crippen LogP contribution is -2.53. The molecule has 3 rings (SSSR count). The van der Waals surface area contributed by atoms with Crippen LogP contribution in [0.25, 0.3) is 5.69 Å². The average molecular weight is 394 g/mol. The minimum atomic E-state index is -1.71. The molecule has 0 saturated heterocycles. The van der Waals surface area contributed by atoms with Crippen LogP contribution in [0.1, 0.15) is 18.5 Å². The van der Waals surface area contributed by atoms with E-state index in [0.29, 0.717) is 6.17 Å². The maximum atomic E-state index is 12.7. The Morgan fingerprint density at radius 3 is 2.43 bits per heavy atom. The lowest BCUT2D eigenvalue weighted by atomic mass is 10.1. The molecule has 0 unspecified atom stereocenters. The van der Waals surface area contributed by atoms with Gasteiger partial charge in [-0.1, -0.05) is 60.7 Å². The topological polar surface area (TPSA) is 63.1 Å². The number of aromatic nitrogens is 3. The van der Waals surface area contributed by atoms with E-state index in [0.717, 1.165) is 11.3 Å². The van der Waals surface area contributed by atoms with Gasteiger partial charge in [-0.05, 0) is 24.6 Å². The number of urea groups is 1. The van der Waals surface area contributed by atoms with Crippen LogP contribution >= 0.6 is 0 Å². The van der Waals surface area contributed by atoms with Crippen molar-refractivity contribution in [3.63, 3.8) is 0 Å². The molecule has 0 bridgehead atoms. The van der Waals surface area contributed by atoms with Gasteiger partial charge in [0, 0.05) is 13.2 Å². The lowest BCUT2D eigenvalue weighted by molar-refractivity contribution is 0.196. The molecule has 0 aliphatic carbocycles. The molecule has 1 N–H and O–H groups in total. The van der Waals surface area contributed by atoms with Gasteiger partial charge < -0.3 is 10.2 Å². The second-order valence-corrected chi connectivity index (χ2v) is 12.3. The first-order valence-electron chi connectivity index (χ1n) is 9.39. The van der Waals surface area contributed by atoms with Crippen molar-refractivity contribution in [2.75, 3.05) is 13.2 Å². The standard InChI is InChI=1S/C21H27N5OSi/c1-17(18-10-12-19(13-11-18)26-15-22-14-24-26)25(2)21(27)23-16-28(3,4)20-8-6-5-7-9-20/h5-15,17H,16H2,1-4H3,(H,23,27)/t17-/m1/s1. The molecule has 6 nitrogen and oxygen atoms in total. The summed E-state index contributed by atoms with van der Waals surface area (Å²) in [4.78, 5) is 18.4. The van der Waals surface area contributed by atoms with Crippen LogP contribution in [-0.2, 0) is 0 Å². The van der Waals surface area contributed by atoms with E-state index >= 15 is 0 Å². The van der Waals surface area contributed by atoms with Gasteiger partial charge >= 0.3 is 6.03 Å². The Hall–Kier alpha value is -2.93. The zero-order valence-electron chi connectivity index (χ0n) is 16.8. The third kappa shape index (κ3) is 4.48. The smallest absolute Gasteiger partial charge is 0.317 e. The minimum absolute atomic E-state index is 0.0358. The Morgan fingerprint density at radius 2 is 1.82 bits per heavy atom. The van der Waals surface area contributed by atoms with E-state index < -0.39 is 8.07 Å². The van der Waals surface area contributed by atoms with Crippen LogP contribution in [0.3, 0.4) is 0 Å². The number of nitrogens with zero attached hydrogens (tertiary/aromatic N) is 4. The Balaban J connectivity index is 1.61. The van der Waals surface area contributed by atoms with E-state index in [9.17, 15) is 4.79 Å². The van der Waals surface area contributed by atoms with Gasteiger partial charge in [0.2, 0.25) is 0 Å². The summed E-state index contributed by atoms with van der Waals surface area (Å²) in [7, 11) is 0.121. The maximum absolute atomic E-state index is 12.7. The van der Waals surface area contributed by atoms with Gasteiger partial charge in [-0.25, -0.2) is 14.5 Å². The summed E-state index contributed by atoms with van der Waals surface area (Å²) in [6.45, 7) is 6.58. The summed E-state index contributed by atoms with van der Waals surface area (Å²) in [6.07, 6.45) is 3.88. The molecule has 1 atom stereocenters. The van der Waals surface area contributed by atoms with E-state index in [1.165, 1.54) is 11.5 Å². The molecule has 1 heterocycles. The van der Waals surface area contributed by atoms with Gasteiger partial charge in [0.25, 0.3) is 0 Å². The van der Waals surface area contributed by atoms with Gasteiger partial charge in [0.15, 0.2) is 0 Å². The third-order valence-corrected chi connectivity index (χ3v) is 8.15. The number of hydrogen-bond donors (Lipinski definition) is 1. The molecule has 0 radical (unpaired) electrons. The quantitative estimate of drug-likeness (QED) is 0.655. The van der Waals surface area contributed by atoms with Crippen molar-refractivity contribution < 1.29 is 4.79 Å². The summed E-state index contributed by atoms with van der Waals surface area (Å²) in [6, 6.07) is 18.4. The largest absolute Gasteiger partial charge is 0.341 e. The summed E-state index contributed by atoms with van der Waals surface area (Å²) in [5, 5.41) is 8.61. The fourth-order valence-corrected chi connectivity index (χ4v) is 4.95. The van der Waals surface area contributed by atoms with Crippen molar-refractivity contribution in [1.29, 1.82) is 0 Å². The molecule has 0 fully saturated rings. The second-order valence-electron chi connectivity index (χ2n) is 7.63. The highest BCUT2D eigenvalue weighted by Crippen LogP contribution is 2.20. The first kappa shape index (κ1) is 19.8. The molecule has 7 heteroatoms. The lowest BCUT2D eigenvalue weighted by Gasteiger charge is -2.29. The van der Waals surface area contributed by atoms with Gasteiger partial charge in [-0.2, -0.15) is 5.10 Å². The number of rotatable bonds is 6. The number of benzene rings is 2. The summed E-state index contributed by atoms with van der Waals surface area (Å²) < 4.78 is 1.71. The van der Waals surface area contributed by atoms with Crippen LogP contribution in [0.2, 0.25) is 13.1 Å². The highest BCUT2D eigenvalue weighted by Gasteiger charge is 2.25. The molecule has 0 spiro atoms. The van der Waals surface area contributed by atoms with Crippen molar-refractivity contribution >= 4 is 19.3 Å². The Morgan fingerprint density at radius 1 is 1.14 bits per heavy atom. The van der Waals surface area contributed by atoms with Crippen molar-refractivity contribution in [1.82, 2.24) is 25.0 Å². The molecule has 0 aliphatic heterocycles. The molecule has 1 aromatic heterocycles. The van der Waals surface area contributed by atoms with Crippen LogP contribution in [0.5, 0.6) is 0 Å². The fraction of sp³-hybridized carbons (Fsp3) is 0.286. The molecule has 0 aliphatic rings. The summed E-state index contributed by atoms with van der Waals surface area (Å²) in [5.74, 6) is 0. The third-order valence-electron chi connectivity index (χ3n) is 5.20. The molecular formula is C21H27N5OSi. The van der Waals surface area contributed by atoms with Gasteiger partial charge in [-0.3, -0.25) is 0 Å². The predicted octanol–water partition coefficient (Wildman–Crippen LogP) is 3.12. The Labute approximate surface area is 167 Å². The highest BCUT2D eigenvalue weighted by molar-refractivity contribution is 6.90. The molecular weight excluding hydrogens is 366 g/mol. The average Bonchev–Trinajstić information content (AvgIpc) is 3.26. The predicted molar refractivity (Wildman–Crippen MR) is 114 cm³/mol. The van der Waals surface area contributed by atoms with Crippen LogP contribution in [-0.4, -0.2) is 47.0 Å². The molecule has 28 heavy (non-hydrogen) atoms. The number of carbonyl (C=O) groups is 1. The molecule has 3 aromatic rings. The molecule has 2 amide bonds. The first-order chi connectivity index (χ1) is 13.4. The molecule has 2 aromatic carbocycles. The van der Waals surface area contributed by atoms with Gasteiger partial charge in [0.1, 0.15) is 20.7 Å². The van der Waals surface area contributed by atoms with Crippen LogP contribution in [0.4, 0.5) is 4.79 Å². The van der Waals surface area contributed by atoms with E-state index in [-0.39, 0.29) is 12.1 Å². The van der Waals surface area contributed by atoms with Crippen molar-refractivity contribution in [3.8, 4) is 5.69 Å². The fourth-order valence-electron chi connectivity index (χ4n) is 3.06.